The van der Waals surface area contributed by atoms with Gasteiger partial charge in [-0.3, -0.25) is 9.59 Å². The highest BCUT2D eigenvalue weighted by atomic mass is 16.5. The third-order valence-electron chi connectivity index (χ3n) is 4.49. The van der Waals surface area contributed by atoms with Gasteiger partial charge in [-0.15, -0.1) is 0 Å². The molecule has 1 aromatic carbocycles. The Morgan fingerprint density at radius 1 is 1.00 bits per heavy atom. The summed E-state index contributed by atoms with van der Waals surface area (Å²) in [6, 6.07) is 4.95. The van der Waals surface area contributed by atoms with Crippen LogP contribution in [0.5, 0.6) is 11.5 Å². The van der Waals surface area contributed by atoms with Crippen molar-refractivity contribution in [3.8, 4) is 11.5 Å². The average Bonchev–Trinajstić information content (AvgIpc) is 2.83. The molecule has 0 fully saturated rings. The number of ether oxygens (including phenoxy) is 2. The molecule has 1 heterocycles. The molecule has 0 spiro atoms. The summed E-state index contributed by atoms with van der Waals surface area (Å²) in [7, 11) is 0. The van der Waals surface area contributed by atoms with Crippen LogP contribution in [0.1, 0.15) is 59.1 Å². The molecule has 2 unspecified atom stereocenters. The van der Waals surface area contributed by atoms with Gasteiger partial charge in [0, 0.05) is 12.8 Å². The Hall–Kier alpha value is -2.24. The van der Waals surface area contributed by atoms with Crippen LogP contribution < -0.4 is 20.1 Å². The molecule has 1 aliphatic rings. The molecular formula is C21H32N2O4. The molecule has 0 aromatic heterocycles. The van der Waals surface area contributed by atoms with E-state index in [-0.39, 0.29) is 29.7 Å². The van der Waals surface area contributed by atoms with E-state index in [4.69, 9.17) is 9.47 Å². The molecule has 0 saturated heterocycles. The van der Waals surface area contributed by atoms with E-state index in [0.29, 0.717) is 25.4 Å². The van der Waals surface area contributed by atoms with Crippen LogP contribution in [0.2, 0.25) is 0 Å². The van der Waals surface area contributed by atoms with Gasteiger partial charge < -0.3 is 20.1 Å². The highest BCUT2D eigenvalue weighted by Crippen LogP contribution is 2.32. The maximum absolute atomic E-state index is 12.8. The van der Waals surface area contributed by atoms with E-state index in [1.165, 1.54) is 0 Å². The number of rotatable bonds is 7. The lowest BCUT2D eigenvalue weighted by atomic mass is 10.0. The van der Waals surface area contributed by atoms with Crippen LogP contribution in [0.25, 0.3) is 0 Å². The van der Waals surface area contributed by atoms with Crippen LogP contribution in [-0.4, -0.2) is 31.1 Å². The van der Waals surface area contributed by atoms with Crippen molar-refractivity contribution in [2.24, 2.45) is 11.8 Å². The molecule has 2 atom stereocenters. The minimum atomic E-state index is -0.556. The van der Waals surface area contributed by atoms with Gasteiger partial charge in [-0.05, 0) is 36.5 Å². The van der Waals surface area contributed by atoms with Crippen molar-refractivity contribution in [1.82, 2.24) is 10.6 Å². The highest BCUT2D eigenvalue weighted by molar-refractivity contribution is 5.88. The fourth-order valence-corrected chi connectivity index (χ4v) is 2.97. The van der Waals surface area contributed by atoms with Gasteiger partial charge >= 0.3 is 0 Å². The third kappa shape index (κ3) is 6.15. The van der Waals surface area contributed by atoms with E-state index in [1.807, 2.05) is 52.8 Å². The Morgan fingerprint density at radius 2 is 1.67 bits per heavy atom. The Balaban J connectivity index is 2.04. The van der Waals surface area contributed by atoms with Crippen LogP contribution in [0, 0.1) is 11.8 Å². The second-order valence-electron chi connectivity index (χ2n) is 7.87. The van der Waals surface area contributed by atoms with Crippen LogP contribution in [0.4, 0.5) is 0 Å². The molecule has 0 saturated carbocycles. The second kappa shape index (κ2) is 9.62. The molecule has 0 bridgehead atoms. The molecule has 1 aromatic rings. The molecule has 150 valence electrons. The Kier molecular flexibility index (Phi) is 7.51. The van der Waals surface area contributed by atoms with Crippen molar-refractivity contribution in [2.45, 2.75) is 59.5 Å². The average molecular weight is 376 g/mol. The Labute approximate surface area is 162 Å². The van der Waals surface area contributed by atoms with Crippen LogP contribution in [0.3, 0.4) is 0 Å². The number of fused-ring (bicyclic) bond motifs is 1. The van der Waals surface area contributed by atoms with Gasteiger partial charge in [0.1, 0.15) is 6.04 Å². The van der Waals surface area contributed by atoms with E-state index >= 15 is 0 Å². The molecule has 6 nitrogen and oxygen atoms in total. The summed E-state index contributed by atoms with van der Waals surface area (Å²) in [5, 5.41) is 5.88. The minimum absolute atomic E-state index is 0.00269. The predicted molar refractivity (Wildman–Crippen MR) is 105 cm³/mol. The van der Waals surface area contributed by atoms with Crippen LogP contribution >= 0.6 is 0 Å². The number of nitrogens with one attached hydrogen (secondary N) is 2. The quantitative estimate of drug-likeness (QED) is 0.766. The largest absolute Gasteiger partial charge is 0.490 e. The van der Waals surface area contributed by atoms with Gasteiger partial charge in [-0.1, -0.05) is 33.8 Å². The standard InChI is InChI=1S/C21H32N2O4/c1-13(2)11-19(24)23-20(14(3)4)21(25)22-15(5)16-7-8-17-18(12-16)27-10-6-9-26-17/h7-8,12-15,20H,6,9-11H2,1-5H3,(H,22,25)(H,23,24). The van der Waals surface area contributed by atoms with Gasteiger partial charge in [-0.25, -0.2) is 0 Å². The van der Waals surface area contributed by atoms with Gasteiger partial charge in [0.05, 0.1) is 19.3 Å². The molecule has 6 heteroatoms. The first-order valence-electron chi connectivity index (χ1n) is 9.77. The Bertz CT molecular complexity index is 658. The smallest absolute Gasteiger partial charge is 0.243 e. The summed E-state index contributed by atoms with van der Waals surface area (Å²) < 4.78 is 11.4. The predicted octanol–water partition coefficient (Wildman–Crippen LogP) is 3.21. The molecule has 2 rings (SSSR count). The van der Waals surface area contributed by atoms with Gasteiger partial charge in [-0.2, -0.15) is 0 Å². The summed E-state index contributed by atoms with van der Waals surface area (Å²) >= 11 is 0. The van der Waals surface area contributed by atoms with E-state index in [1.54, 1.807) is 0 Å². The van der Waals surface area contributed by atoms with Crippen molar-refractivity contribution < 1.29 is 19.1 Å². The van der Waals surface area contributed by atoms with Crippen molar-refractivity contribution in [3.63, 3.8) is 0 Å². The zero-order valence-electron chi connectivity index (χ0n) is 17.0. The number of hydrogen-bond acceptors (Lipinski definition) is 4. The molecule has 1 aliphatic heterocycles. The van der Waals surface area contributed by atoms with E-state index in [9.17, 15) is 9.59 Å². The molecule has 0 aliphatic carbocycles. The summed E-state index contributed by atoms with van der Waals surface area (Å²) in [6.07, 6.45) is 1.26. The van der Waals surface area contributed by atoms with Crippen molar-refractivity contribution >= 4 is 11.8 Å². The number of carbonyl (C=O) groups is 2. The fraction of sp³-hybridized carbons (Fsp3) is 0.619. The van der Waals surface area contributed by atoms with Crippen molar-refractivity contribution in [3.05, 3.63) is 23.8 Å². The fourth-order valence-electron chi connectivity index (χ4n) is 2.97. The van der Waals surface area contributed by atoms with Crippen LogP contribution in [-0.2, 0) is 9.59 Å². The van der Waals surface area contributed by atoms with Crippen molar-refractivity contribution in [2.75, 3.05) is 13.2 Å². The SMILES string of the molecule is CC(C)CC(=O)NC(C(=O)NC(C)c1ccc2c(c1)OCCCO2)C(C)C. The second-order valence-corrected chi connectivity index (χ2v) is 7.87. The maximum Gasteiger partial charge on any atom is 0.243 e. The summed E-state index contributed by atoms with van der Waals surface area (Å²) in [5.41, 5.74) is 0.934. The molecule has 0 radical (unpaired) electrons. The number of carbonyl (C=O) groups excluding carboxylic acids is 2. The zero-order chi connectivity index (χ0) is 20.0. The van der Waals surface area contributed by atoms with E-state index < -0.39 is 6.04 Å². The summed E-state index contributed by atoms with van der Waals surface area (Å²) in [6.45, 7) is 11.0. The molecular weight excluding hydrogens is 344 g/mol. The lowest BCUT2D eigenvalue weighted by Gasteiger charge is -2.25. The van der Waals surface area contributed by atoms with E-state index in [2.05, 4.69) is 10.6 Å². The zero-order valence-corrected chi connectivity index (χ0v) is 17.0. The van der Waals surface area contributed by atoms with Gasteiger partial charge in [0.15, 0.2) is 11.5 Å². The minimum Gasteiger partial charge on any atom is -0.490 e. The normalized spacial score (nSPS) is 15.8. The number of benzene rings is 1. The first kappa shape index (κ1) is 21.1. The first-order chi connectivity index (χ1) is 12.8. The van der Waals surface area contributed by atoms with Gasteiger partial charge in [0.25, 0.3) is 0 Å². The maximum atomic E-state index is 12.8. The highest BCUT2D eigenvalue weighted by Gasteiger charge is 2.26. The topological polar surface area (TPSA) is 76.7 Å². The van der Waals surface area contributed by atoms with Crippen molar-refractivity contribution in [1.29, 1.82) is 0 Å². The lowest BCUT2D eigenvalue weighted by molar-refractivity contribution is -0.130. The number of amides is 2. The Morgan fingerprint density at radius 3 is 2.30 bits per heavy atom. The number of hydrogen-bond donors (Lipinski definition) is 2. The monoisotopic (exact) mass is 376 g/mol. The first-order valence-corrected chi connectivity index (χ1v) is 9.77. The van der Waals surface area contributed by atoms with Gasteiger partial charge in [0.2, 0.25) is 11.8 Å². The van der Waals surface area contributed by atoms with Crippen LogP contribution in [0.15, 0.2) is 18.2 Å². The molecule has 27 heavy (non-hydrogen) atoms. The third-order valence-corrected chi connectivity index (χ3v) is 4.49. The molecule has 2 N–H and O–H groups in total. The summed E-state index contributed by atoms with van der Waals surface area (Å²) in [5.74, 6) is 1.41. The lowest BCUT2D eigenvalue weighted by Crippen LogP contribution is -2.50. The summed E-state index contributed by atoms with van der Waals surface area (Å²) in [4.78, 5) is 24.9. The van der Waals surface area contributed by atoms with E-state index in [0.717, 1.165) is 17.7 Å². The molecule has 2 amide bonds.